The van der Waals surface area contributed by atoms with Gasteiger partial charge in [0.2, 0.25) is 5.91 Å². The number of benzene rings is 3. The van der Waals surface area contributed by atoms with Crippen LogP contribution in [0.4, 0.5) is 4.39 Å². The monoisotopic (exact) mass is 499 g/mol. The number of hydroxylamine groups is 1. The van der Waals surface area contributed by atoms with Gasteiger partial charge in [0.1, 0.15) is 5.82 Å². The second-order valence-electron chi connectivity index (χ2n) is 8.67. The highest BCUT2D eigenvalue weighted by Gasteiger charge is 2.25. The summed E-state index contributed by atoms with van der Waals surface area (Å²) >= 11 is 0. The molecule has 0 atom stereocenters. The number of nitrogens with one attached hydrogen (secondary N) is 3. The van der Waals surface area contributed by atoms with Crippen LogP contribution < -0.4 is 16.1 Å². The van der Waals surface area contributed by atoms with Gasteiger partial charge in [0.15, 0.2) is 0 Å². The van der Waals surface area contributed by atoms with E-state index in [4.69, 9.17) is 5.21 Å². The van der Waals surface area contributed by atoms with Crippen molar-refractivity contribution >= 4 is 35.4 Å². The molecule has 4 N–H and O–H groups in total. The maximum Gasteiger partial charge on any atom is 0.274 e. The van der Waals surface area contributed by atoms with E-state index in [-0.39, 0.29) is 30.2 Å². The smallest absolute Gasteiger partial charge is 0.274 e. The molecule has 0 unspecified atom stereocenters. The number of halogens is 1. The van der Waals surface area contributed by atoms with Crippen LogP contribution >= 0.6 is 0 Å². The standard InChI is InChI=1S/C29H26FN3O4/c30-24-12-10-22(11-13-24)26(29(36)32-25-14-15-25)17-20-3-1-19(2-4-20)7-16-27(34)31-18-21-5-8-23(9-6-21)28(35)33-37/h1-13,16-17,25,37H,14-15,18H2,(H,31,34)(H,32,36)(H,33,35)/b16-7+,26-17+. The third-order valence-corrected chi connectivity index (χ3v) is 5.77. The molecule has 1 aliphatic carbocycles. The Morgan fingerprint density at radius 3 is 2.11 bits per heavy atom. The van der Waals surface area contributed by atoms with Gasteiger partial charge >= 0.3 is 0 Å². The molecule has 1 saturated carbocycles. The third kappa shape index (κ3) is 7.46. The van der Waals surface area contributed by atoms with E-state index < -0.39 is 5.91 Å². The van der Waals surface area contributed by atoms with Crippen LogP contribution in [0.15, 0.2) is 78.9 Å². The van der Waals surface area contributed by atoms with E-state index in [1.54, 1.807) is 54.0 Å². The van der Waals surface area contributed by atoms with E-state index >= 15 is 0 Å². The van der Waals surface area contributed by atoms with E-state index in [2.05, 4.69) is 10.6 Å². The molecule has 0 aromatic heterocycles. The number of carbonyl (C=O) groups excluding carboxylic acids is 3. The lowest BCUT2D eigenvalue weighted by molar-refractivity contribution is -0.117. The molecule has 1 aliphatic rings. The summed E-state index contributed by atoms with van der Waals surface area (Å²) in [5.41, 5.74) is 5.37. The van der Waals surface area contributed by atoms with Gasteiger partial charge in [0.05, 0.1) is 0 Å². The Kier molecular flexibility index (Phi) is 8.22. The predicted octanol–water partition coefficient (Wildman–Crippen LogP) is 4.09. The van der Waals surface area contributed by atoms with Crippen LogP contribution in [0.25, 0.3) is 17.7 Å². The molecule has 1 fully saturated rings. The molecule has 8 heteroatoms. The molecule has 4 rings (SSSR count). The predicted molar refractivity (Wildman–Crippen MR) is 138 cm³/mol. The van der Waals surface area contributed by atoms with Gasteiger partial charge in [-0.3, -0.25) is 19.6 Å². The van der Waals surface area contributed by atoms with Gasteiger partial charge in [-0.2, -0.15) is 0 Å². The molecule has 37 heavy (non-hydrogen) atoms. The fourth-order valence-electron chi connectivity index (χ4n) is 3.53. The third-order valence-electron chi connectivity index (χ3n) is 5.77. The maximum atomic E-state index is 13.4. The molecule has 3 amide bonds. The highest BCUT2D eigenvalue weighted by Crippen LogP contribution is 2.24. The molecule has 0 bridgehead atoms. The van der Waals surface area contributed by atoms with Gasteiger partial charge in [0.25, 0.3) is 11.8 Å². The molecule has 0 heterocycles. The highest BCUT2D eigenvalue weighted by atomic mass is 19.1. The molecule has 3 aromatic carbocycles. The quantitative estimate of drug-likeness (QED) is 0.154. The first kappa shape index (κ1) is 25.5. The minimum absolute atomic E-state index is 0.193. The first-order valence-electron chi connectivity index (χ1n) is 11.8. The van der Waals surface area contributed by atoms with Crippen molar-refractivity contribution in [1.29, 1.82) is 0 Å². The lowest BCUT2D eigenvalue weighted by atomic mass is 10.0. The molecule has 0 saturated heterocycles. The van der Waals surface area contributed by atoms with Crippen molar-refractivity contribution in [2.24, 2.45) is 0 Å². The topological polar surface area (TPSA) is 108 Å². The normalized spacial score (nSPS) is 13.3. The van der Waals surface area contributed by atoms with Gasteiger partial charge in [0, 0.05) is 29.8 Å². The molecular formula is C29H26FN3O4. The van der Waals surface area contributed by atoms with Crippen molar-refractivity contribution in [2.45, 2.75) is 25.4 Å². The fraction of sp³-hybridized carbons (Fsp3) is 0.138. The maximum absolute atomic E-state index is 13.4. The summed E-state index contributed by atoms with van der Waals surface area (Å²) in [5.74, 6) is -1.44. The van der Waals surface area contributed by atoms with Crippen molar-refractivity contribution in [2.75, 3.05) is 0 Å². The average molecular weight is 500 g/mol. The Morgan fingerprint density at radius 2 is 1.49 bits per heavy atom. The van der Waals surface area contributed by atoms with Crippen molar-refractivity contribution in [1.82, 2.24) is 16.1 Å². The Balaban J connectivity index is 1.37. The van der Waals surface area contributed by atoms with Crippen molar-refractivity contribution in [3.63, 3.8) is 0 Å². The molecule has 0 aliphatic heterocycles. The van der Waals surface area contributed by atoms with Crippen LogP contribution in [-0.4, -0.2) is 29.0 Å². The van der Waals surface area contributed by atoms with Crippen molar-refractivity contribution in [3.05, 3.63) is 113 Å². The van der Waals surface area contributed by atoms with Crippen molar-refractivity contribution in [3.8, 4) is 0 Å². The minimum Gasteiger partial charge on any atom is -0.349 e. The van der Waals surface area contributed by atoms with Crippen LogP contribution in [0.2, 0.25) is 0 Å². The Hall–Kier alpha value is -4.56. The summed E-state index contributed by atoms with van der Waals surface area (Å²) in [6.45, 7) is 0.281. The second-order valence-corrected chi connectivity index (χ2v) is 8.67. The van der Waals surface area contributed by atoms with Crippen LogP contribution in [0.5, 0.6) is 0 Å². The van der Waals surface area contributed by atoms with E-state index in [0.29, 0.717) is 16.7 Å². The SMILES string of the molecule is O=C(/C=C/c1ccc(/C=C(/C(=O)NC2CC2)c2ccc(F)cc2)cc1)NCc1ccc(C(=O)NO)cc1. The molecule has 0 spiro atoms. The van der Waals surface area contributed by atoms with Gasteiger partial charge in [-0.15, -0.1) is 0 Å². The molecule has 3 aromatic rings. The van der Waals surface area contributed by atoms with Crippen LogP contribution in [0.1, 0.15) is 45.5 Å². The number of rotatable bonds is 9. The lowest BCUT2D eigenvalue weighted by Gasteiger charge is -2.09. The number of hydrogen-bond acceptors (Lipinski definition) is 4. The first-order valence-corrected chi connectivity index (χ1v) is 11.8. The molecule has 7 nitrogen and oxygen atoms in total. The van der Waals surface area contributed by atoms with Crippen LogP contribution in [0.3, 0.4) is 0 Å². The largest absolute Gasteiger partial charge is 0.349 e. The van der Waals surface area contributed by atoms with Crippen LogP contribution in [-0.2, 0) is 16.1 Å². The highest BCUT2D eigenvalue weighted by molar-refractivity contribution is 6.24. The Labute approximate surface area is 213 Å². The summed E-state index contributed by atoms with van der Waals surface area (Å²) in [4.78, 5) is 36.3. The Morgan fingerprint density at radius 1 is 0.865 bits per heavy atom. The number of amides is 3. The lowest BCUT2D eigenvalue weighted by Crippen LogP contribution is -2.26. The second kappa shape index (κ2) is 11.9. The van der Waals surface area contributed by atoms with Crippen molar-refractivity contribution < 1.29 is 24.0 Å². The number of hydrogen-bond donors (Lipinski definition) is 4. The first-order chi connectivity index (χ1) is 17.9. The van der Waals surface area contributed by atoms with Gasteiger partial charge in [-0.25, -0.2) is 9.87 Å². The van der Waals surface area contributed by atoms with Crippen LogP contribution in [0, 0.1) is 5.82 Å². The minimum atomic E-state index is -0.603. The number of carbonyl (C=O) groups is 3. The fourth-order valence-corrected chi connectivity index (χ4v) is 3.53. The van der Waals surface area contributed by atoms with E-state index in [1.165, 1.54) is 18.2 Å². The van der Waals surface area contributed by atoms with Gasteiger partial charge < -0.3 is 10.6 Å². The van der Waals surface area contributed by atoms with Gasteiger partial charge in [-0.05, 0) is 71.5 Å². The Bertz CT molecular complexity index is 1330. The van der Waals surface area contributed by atoms with Gasteiger partial charge in [-0.1, -0.05) is 48.5 Å². The summed E-state index contributed by atoms with van der Waals surface area (Å²) in [6.07, 6.45) is 6.80. The zero-order valence-electron chi connectivity index (χ0n) is 19.9. The zero-order valence-corrected chi connectivity index (χ0v) is 19.9. The van der Waals surface area contributed by atoms with E-state index in [0.717, 1.165) is 29.5 Å². The molecule has 188 valence electrons. The van der Waals surface area contributed by atoms with E-state index in [1.807, 2.05) is 24.3 Å². The van der Waals surface area contributed by atoms with E-state index in [9.17, 15) is 18.8 Å². The molecular weight excluding hydrogens is 473 g/mol. The summed E-state index contributed by atoms with van der Waals surface area (Å²) in [7, 11) is 0. The molecule has 0 radical (unpaired) electrons. The summed E-state index contributed by atoms with van der Waals surface area (Å²) in [5, 5.41) is 14.4. The summed E-state index contributed by atoms with van der Waals surface area (Å²) in [6, 6.07) is 19.9. The summed E-state index contributed by atoms with van der Waals surface area (Å²) < 4.78 is 13.4. The average Bonchev–Trinajstić information content (AvgIpc) is 3.74. The zero-order chi connectivity index (χ0) is 26.2.